The van der Waals surface area contributed by atoms with E-state index in [1.165, 1.54) is 39.2 Å². The van der Waals surface area contributed by atoms with Crippen molar-refractivity contribution in [3.8, 4) is 12.3 Å². The lowest BCUT2D eigenvalue weighted by Crippen LogP contribution is -2.35. The van der Waals surface area contributed by atoms with Crippen LogP contribution in [0.1, 0.15) is 22.3 Å². The van der Waals surface area contributed by atoms with Crippen LogP contribution in [0.3, 0.4) is 0 Å². The van der Waals surface area contributed by atoms with Crippen LogP contribution >= 0.6 is 11.3 Å². The lowest BCUT2D eigenvalue weighted by molar-refractivity contribution is 0.0997. The highest BCUT2D eigenvalue weighted by Gasteiger charge is 2.29. The second-order valence-corrected chi connectivity index (χ2v) is 10.9. The lowest BCUT2D eigenvalue weighted by atomic mass is 10.0. The van der Waals surface area contributed by atoms with Gasteiger partial charge in [-0.1, -0.05) is 41.5 Å². The molecule has 3 aromatic carbocycles. The zero-order chi connectivity index (χ0) is 24.6. The van der Waals surface area contributed by atoms with Crippen LogP contribution in [0, 0.1) is 18.2 Å². The zero-order valence-electron chi connectivity index (χ0n) is 18.5. The van der Waals surface area contributed by atoms with Crippen LogP contribution in [-0.2, 0) is 23.0 Å². The second kappa shape index (κ2) is 9.13. The van der Waals surface area contributed by atoms with E-state index in [0.717, 1.165) is 29.7 Å². The van der Waals surface area contributed by atoms with Crippen molar-refractivity contribution in [2.75, 3.05) is 10.8 Å². The van der Waals surface area contributed by atoms with Crippen LogP contribution in [0.4, 0.5) is 10.1 Å². The molecule has 0 spiro atoms. The van der Waals surface area contributed by atoms with Gasteiger partial charge >= 0.3 is 0 Å². The molecule has 1 aliphatic rings. The molecule has 1 aromatic heterocycles. The summed E-state index contributed by atoms with van der Waals surface area (Å²) in [5, 5.41) is 0. The lowest BCUT2D eigenvalue weighted by Gasteiger charge is -2.30. The fourth-order valence-electron chi connectivity index (χ4n) is 4.21. The van der Waals surface area contributed by atoms with Gasteiger partial charge in [-0.2, -0.15) is 4.99 Å². The molecule has 9 heteroatoms. The molecule has 1 amide bonds. The topological polar surface area (TPSA) is 71.7 Å². The van der Waals surface area contributed by atoms with Gasteiger partial charge in [0.1, 0.15) is 5.82 Å². The number of hydrogen-bond acceptors (Lipinski definition) is 4. The first-order chi connectivity index (χ1) is 16.9. The van der Waals surface area contributed by atoms with Crippen LogP contribution in [-0.4, -0.2) is 25.4 Å². The average molecular weight is 506 g/mol. The van der Waals surface area contributed by atoms with Gasteiger partial charge in [0.05, 0.1) is 27.3 Å². The molecular formula is C26H20FN3O3S2. The van der Waals surface area contributed by atoms with Crippen LogP contribution in [0.5, 0.6) is 0 Å². The predicted octanol–water partition coefficient (Wildman–Crippen LogP) is 4.36. The van der Waals surface area contributed by atoms with E-state index in [4.69, 9.17) is 6.42 Å². The number of sulfonamides is 1. The highest BCUT2D eigenvalue weighted by atomic mass is 32.2. The molecule has 0 unspecified atom stereocenters. The van der Waals surface area contributed by atoms with E-state index in [-0.39, 0.29) is 21.8 Å². The second-order valence-electron chi connectivity index (χ2n) is 8.01. The average Bonchev–Trinajstić information content (AvgIpc) is 3.22. The van der Waals surface area contributed by atoms with Crippen molar-refractivity contribution in [3.05, 3.63) is 88.5 Å². The molecule has 1 aliphatic heterocycles. The molecule has 0 bridgehead atoms. The summed E-state index contributed by atoms with van der Waals surface area (Å²) < 4.78 is 44.6. The molecule has 4 aromatic rings. The number of aryl methyl sites for hydroxylation is 1. The summed E-state index contributed by atoms with van der Waals surface area (Å²) in [4.78, 5) is 17.4. The number of halogens is 1. The molecule has 0 aliphatic carbocycles. The van der Waals surface area contributed by atoms with Gasteiger partial charge in [-0.25, -0.2) is 12.8 Å². The summed E-state index contributed by atoms with van der Waals surface area (Å²) in [5.41, 5.74) is 2.19. The van der Waals surface area contributed by atoms with Gasteiger partial charge in [-0.05, 0) is 60.9 Å². The number of amides is 1. The molecule has 0 atom stereocenters. The number of terminal acetylenes is 1. The zero-order valence-corrected chi connectivity index (χ0v) is 20.2. The molecule has 5 rings (SSSR count). The van der Waals surface area contributed by atoms with Gasteiger partial charge in [0.15, 0.2) is 4.80 Å². The Kier molecular flexibility index (Phi) is 6.01. The third-order valence-corrected chi connectivity index (χ3v) is 8.73. The minimum Gasteiger partial charge on any atom is -0.302 e. The first-order valence-corrected chi connectivity index (χ1v) is 13.2. The number of hydrogen-bond donors (Lipinski definition) is 0. The molecule has 6 nitrogen and oxygen atoms in total. The molecule has 0 N–H and O–H groups in total. The fraction of sp³-hybridized carbons (Fsp3) is 0.154. The Labute approximate surface area is 206 Å². The van der Waals surface area contributed by atoms with E-state index in [1.807, 2.05) is 24.3 Å². The predicted molar refractivity (Wildman–Crippen MR) is 134 cm³/mol. The SMILES string of the molecule is C#CCn1c(=NC(=O)c2ccc(S(=O)(=O)N3CCCc4ccccc43)cc2)sc2cccc(F)c21. The summed E-state index contributed by atoms with van der Waals surface area (Å²) >= 11 is 1.16. The number of carbonyl (C=O) groups excluding carboxylic acids is 1. The Bertz CT molecular complexity index is 1660. The number of fused-ring (bicyclic) bond motifs is 2. The van der Waals surface area contributed by atoms with Crippen molar-refractivity contribution >= 4 is 43.2 Å². The monoisotopic (exact) mass is 505 g/mol. The van der Waals surface area contributed by atoms with Gasteiger partial charge in [0.2, 0.25) is 0 Å². The maximum Gasteiger partial charge on any atom is 0.279 e. The Morgan fingerprint density at radius 2 is 1.86 bits per heavy atom. The minimum atomic E-state index is -3.79. The fourth-order valence-corrected chi connectivity index (χ4v) is 6.79. The summed E-state index contributed by atoms with van der Waals surface area (Å²) in [7, 11) is -3.79. The number of rotatable bonds is 4. The first-order valence-electron chi connectivity index (χ1n) is 10.9. The normalized spacial score (nSPS) is 14.1. The van der Waals surface area contributed by atoms with Crippen LogP contribution in [0.15, 0.2) is 76.6 Å². The Morgan fingerprint density at radius 1 is 1.09 bits per heavy atom. The summed E-state index contributed by atoms with van der Waals surface area (Å²) in [6.45, 7) is 0.453. The molecule has 176 valence electrons. The van der Waals surface area contributed by atoms with Crippen molar-refractivity contribution in [1.82, 2.24) is 4.57 Å². The van der Waals surface area contributed by atoms with E-state index in [9.17, 15) is 17.6 Å². The number of benzene rings is 3. The van der Waals surface area contributed by atoms with Gasteiger partial charge in [0, 0.05) is 12.1 Å². The summed E-state index contributed by atoms with van der Waals surface area (Å²) in [6.07, 6.45) is 7.01. The number of anilines is 1. The Morgan fingerprint density at radius 3 is 2.63 bits per heavy atom. The van der Waals surface area contributed by atoms with E-state index in [0.29, 0.717) is 22.4 Å². The summed E-state index contributed by atoms with van der Waals surface area (Å²) in [5.74, 6) is 1.44. The van der Waals surface area contributed by atoms with Crippen molar-refractivity contribution in [1.29, 1.82) is 0 Å². The van der Waals surface area contributed by atoms with Crippen LogP contribution < -0.4 is 9.11 Å². The van der Waals surface area contributed by atoms with Crippen molar-refractivity contribution in [3.63, 3.8) is 0 Å². The van der Waals surface area contributed by atoms with Gasteiger partial charge in [0.25, 0.3) is 15.9 Å². The van der Waals surface area contributed by atoms with Crippen molar-refractivity contribution in [2.24, 2.45) is 4.99 Å². The van der Waals surface area contributed by atoms with Crippen molar-refractivity contribution < 1.29 is 17.6 Å². The number of para-hydroxylation sites is 2. The van der Waals surface area contributed by atoms with Crippen LogP contribution in [0.2, 0.25) is 0 Å². The van der Waals surface area contributed by atoms with Gasteiger partial charge in [-0.15, -0.1) is 6.42 Å². The minimum absolute atomic E-state index is 0.0571. The van der Waals surface area contributed by atoms with E-state index >= 15 is 0 Å². The van der Waals surface area contributed by atoms with Gasteiger partial charge < -0.3 is 4.57 Å². The Hall–Kier alpha value is -3.74. The quantitative estimate of drug-likeness (QED) is 0.387. The molecule has 0 saturated heterocycles. The van der Waals surface area contributed by atoms with Gasteiger partial charge in [-0.3, -0.25) is 9.10 Å². The molecule has 0 saturated carbocycles. The van der Waals surface area contributed by atoms with E-state index in [1.54, 1.807) is 12.1 Å². The molecule has 2 heterocycles. The molecule has 0 fully saturated rings. The summed E-state index contributed by atoms with van der Waals surface area (Å²) in [6, 6.07) is 17.8. The molecule has 0 radical (unpaired) electrons. The van der Waals surface area contributed by atoms with Crippen molar-refractivity contribution in [2.45, 2.75) is 24.3 Å². The number of carbonyl (C=O) groups is 1. The largest absolute Gasteiger partial charge is 0.302 e. The highest BCUT2D eigenvalue weighted by molar-refractivity contribution is 7.92. The standard InChI is InChI=1S/C26H20FN3O3S2/c1-2-16-29-24-21(27)9-5-11-23(24)34-26(29)28-25(31)19-12-14-20(15-13-19)35(32,33)30-17-6-8-18-7-3-4-10-22(18)30/h1,3-5,7,9-15H,6,8,16-17H2. The molecule has 35 heavy (non-hydrogen) atoms. The van der Waals surface area contributed by atoms with E-state index < -0.39 is 21.7 Å². The van der Waals surface area contributed by atoms with Crippen LogP contribution in [0.25, 0.3) is 10.2 Å². The maximum atomic E-state index is 14.4. The number of nitrogens with zero attached hydrogens (tertiary/aromatic N) is 3. The number of aromatic nitrogens is 1. The number of thiazole rings is 1. The smallest absolute Gasteiger partial charge is 0.279 e. The maximum absolute atomic E-state index is 14.4. The van der Waals surface area contributed by atoms with E-state index in [2.05, 4.69) is 10.9 Å². The Balaban J connectivity index is 1.48. The first kappa shape index (κ1) is 23.0. The molecular weight excluding hydrogens is 485 g/mol. The third kappa shape index (κ3) is 4.16. The highest BCUT2D eigenvalue weighted by Crippen LogP contribution is 2.31. The third-order valence-electron chi connectivity index (χ3n) is 5.86.